The first-order valence-electron chi connectivity index (χ1n) is 8.18. The van der Waals surface area contributed by atoms with Crippen molar-refractivity contribution >= 4 is 5.69 Å². The van der Waals surface area contributed by atoms with E-state index in [2.05, 4.69) is 38.3 Å². The van der Waals surface area contributed by atoms with Gasteiger partial charge in [-0.2, -0.15) is 0 Å². The third-order valence-electron chi connectivity index (χ3n) is 4.84. The van der Waals surface area contributed by atoms with Gasteiger partial charge in [-0.05, 0) is 49.4 Å². The fourth-order valence-corrected chi connectivity index (χ4v) is 3.69. The van der Waals surface area contributed by atoms with E-state index in [1.54, 1.807) is 0 Å². The molecule has 0 spiro atoms. The van der Waals surface area contributed by atoms with Gasteiger partial charge < -0.3 is 9.88 Å². The lowest BCUT2D eigenvalue weighted by Crippen LogP contribution is -2.14. The largest absolute Gasteiger partial charge is 0.385 e. The minimum Gasteiger partial charge on any atom is -0.385 e. The summed E-state index contributed by atoms with van der Waals surface area (Å²) >= 11 is 0. The molecule has 4 rings (SSSR count). The lowest BCUT2D eigenvalue weighted by atomic mass is 9.95. The second-order valence-corrected chi connectivity index (χ2v) is 6.26. The summed E-state index contributed by atoms with van der Waals surface area (Å²) in [6.45, 7) is 1.09. The number of fused-ring (bicyclic) bond motifs is 1. The summed E-state index contributed by atoms with van der Waals surface area (Å²) in [7, 11) is 0. The van der Waals surface area contributed by atoms with Gasteiger partial charge >= 0.3 is 0 Å². The van der Waals surface area contributed by atoms with Crippen molar-refractivity contribution in [3.05, 3.63) is 30.1 Å². The molecule has 1 aliphatic carbocycles. The molecule has 2 aliphatic rings. The minimum atomic E-state index is 0.581. The molecule has 0 unspecified atom stereocenters. The average molecular weight is 282 g/mol. The van der Waals surface area contributed by atoms with Crippen molar-refractivity contribution in [3.8, 4) is 11.4 Å². The summed E-state index contributed by atoms with van der Waals surface area (Å²) in [5.74, 6) is 1.04. The van der Waals surface area contributed by atoms with Gasteiger partial charge in [-0.25, -0.2) is 0 Å². The molecule has 2 heterocycles. The number of hydrogen-bond donors (Lipinski definition) is 1. The first kappa shape index (κ1) is 12.9. The quantitative estimate of drug-likeness (QED) is 0.911. The Balaban J connectivity index is 1.68. The Morgan fingerprint density at radius 2 is 2.00 bits per heavy atom. The maximum atomic E-state index is 4.40. The van der Waals surface area contributed by atoms with E-state index >= 15 is 0 Å². The van der Waals surface area contributed by atoms with E-state index in [1.807, 2.05) is 6.33 Å². The van der Waals surface area contributed by atoms with Crippen LogP contribution in [0.5, 0.6) is 0 Å². The Morgan fingerprint density at radius 1 is 1.10 bits per heavy atom. The van der Waals surface area contributed by atoms with Crippen LogP contribution in [0.15, 0.2) is 24.5 Å². The summed E-state index contributed by atoms with van der Waals surface area (Å²) in [6.07, 6.45) is 10.9. The van der Waals surface area contributed by atoms with Gasteiger partial charge in [0.2, 0.25) is 0 Å². The van der Waals surface area contributed by atoms with Crippen LogP contribution in [0.1, 0.15) is 50.1 Å². The van der Waals surface area contributed by atoms with E-state index in [9.17, 15) is 0 Å². The first-order chi connectivity index (χ1) is 10.4. The Bertz CT molecular complexity index is 625. The first-order valence-corrected chi connectivity index (χ1v) is 8.18. The Morgan fingerprint density at radius 3 is 2.90 bits per heavy atom. The van der Waals surface area contributed by atoms with Crippen molar-refractivity contribution in [2.24, 2.45) is 0 Å². The summed E-state index contributed by atoms with van der Waals surface area (Å²) in [5.41, 5.74) is 3.91. The van der Waals surface area contributed by atoms with E-state index < -0.39 is 0 Å². The molecular formula is C17H22N4. The van der Waals surface area contributed by atoms with Crippen molar-refractivity contribution < 1.29 is 0 Å². The van der Waals surface area contributed by atoms with Crippen LogP contribution < -0.4 is 5.32 Å². The highest BCUT2D eigenvalue weighted by Crippen LogP contribution is 2.33. The van der Waals surface area contributed by atoms with Crippen molar-refractivity contribution in [1.29, 1.82) is 0 Å². The summed E-state index contributed by atoms with van der Waals surface area (Å²) in [6, 6.07) is 7.26. The molecule has 1 aromatic carbocycles. The fraction of sp³-hybridized carbons (Fsp3) is 0.529. The van der Waals surface area contributed by atoms with E-state index in [0.29, 0.717) is 6.04 Å². The molecule has 1 fully saturated rings. The van der Waals surface area contributed by atoms with Crippen LogP contribution in [0.3, 0.4) is 0 Å². The molecule has 21 heavy (non-hydrogen) atoms. The fourth-order valence-electron chi connectivity index (χ4n) is 3.69. The molecule has 1 aromatic heterocycles. The summed E-state index contributed by atoms with van der Waals surface area (Å²) in [5, 5.41) is 12.1. The monoisotopic (exact) mass is 282 g/mol. The van der Waals surface area contributed by atoms with Crippen LogP contribution in [-0.2, 0) is 6.42 Å². The molecule has 0 saturated heterocycles. The molecule has 0 bridgehead atoms. The van der Waals surface area contributed by atoms with Gasteiger partial charge in [0.15, 0.2) is 5.82 Å². The Kier molecular flexibility index (Phi) is 3.37. The topological polar surface area (TPSA) is 42.7 Å². The van der Waals surface area contributed by atoms with Gasteiger partial charge in [0, 0.05) is 23.8 Å². The number of anilines is 1. The molecule has 2 aromatic rings. The molecule has 110 valence electrons. The highest BCUT2D eigenvalue weighted by Gasteiger charge is 2.20. The summed E-state index contributed by atoms with van der Waals surface area (Å²) < 4.78 is 2.30. The van der Waals surface area contributed by atoms with E-state index in [-0.39, 0.29) is 0 Å². The molecule has 4 heteroatoms. The minimum absolute atomic E-state index is 0.581. The van der Waals surface area contributed by atoms with E-state index in [4.69, 9.17) is 0 Å². The van der Waals surface area contributed by atoms with Gasteiger partial charge in [0.1, 0.15) is 6.33 Å². The molecule has 1 N–H and O–H groups in total. The van der Waals surface area contributed by atoms with Crippen LogP contribution in [0.2, 0.25) is 0 Å². The lowest BCUT2D eigenvalue weighted by Gasteiger charge is -2.24. The Labute approximate surface area is 125 Å². The van der Waals surface area contributed by atoms with Crippen LogP contribution in [0, 0.1) is 0 Å². The molecule has 4 nitrogen and oxygen atoms in total. The van der Waals surface area contributed by atoms with Gasteiger partial charge in [0.25, 0.3) is 0 Å². The Hall–Kier alpha value is -1.84. The molecule has 1 saturated carbocycles. The number of hydrogen-bond acceptors (Lipinski definition) is 3. The highest BCUT2D eigenvalue weighted by atomic mass is 15.3. The number of nitrogens with zero attached hydrogens (tertiary/aromatic N) is 3. The smallest absolute Gasteiger partial charge is 0.164 e. The van der Waals surface area contributed by atoms with Crippen molar-refractivity contribution in [3.63, 3.8) is 0 Å². The predicted molar refractivity (Wildman–Crippen MR) is 84.4 cm³/mol. The van der Waals surface area contributed by atoms with Crippen molar-refractivity contribution in [2.75, 3.05) is 11.9 Å². The van der Waals surface area contributed by atoms with Gasteiger partial charge in [-0.3, -0.25) is 0 Å². The number of benzene rings is 1. The van der Waals surface area contributed by atoms with Crippen LogP contribution >= 0.6 is 0 Å². The third kappa shape index (κ3) is 2.43. The van der Waals surface area contributed by atoms with Gasteiger partial charge in [-0.1, -0.05) is 19.3 Å². The van der Waals surface area contributed by atoms with Crippen molar-refractivity contribution in [2.45, 2.75) is 51.0 Å². The number of aromatic nitrogens is 3. The normalized spacial score (nSPS) is 19.0. The van der Waals surface area contributed by atoms with E-state index in [1.165, 1.54) is 55.3 Å². The zero-order valence-corrected chi connectivity index (χ0v) is 12.4. The predicted octanol–water partition coefficient (Wildman–Crippen LogP) is 3.81. The second-order valence-electron chi connectivity index (χ2n) is 6.26. The maximum Gasteiger partial charge on any atom is 0.164 e. The lowest BCUT2D eigenvalue weighted by molar-refractivity contribution is 0.355. The molecular weight excluding hydrogens is 260 g/mol. The highest BCUT2D eigenvalue weighted by molar-refractivity contribution is 5.64. The second kappa shape index (κ2) is 5.51. The zero-order chi connectivity index (χ0) is 14.1. The van der Waals surface area contributed by atoms with Crippen molar-refractivity contribution in [1.82, 2.24) is 14.8 Å². The molecule has 0 amide bonds. The van der Waals surface area contributed by atoms with Crippen LogP contribution in [-0.4, -0.2) is 21.3 Å². The summed E-state index contributed by atoms with van der Waals surface area (Å²) in [4.78, 5) is 0. The van der Waals surface area contributed by atoms with E-state index in [0.717, 1.165) is 18.8 Å². The molecule has 0 atom stereocenters. The zero-order valence-electron chi connectivity index (χ0n) is 12.4. The maximum absolute atomic E-state index is 4.40. The SMILES string of the molecule is c1cc2c(cc1-c1nncn1C1CCCCC1)CCCN2. The van der Waals surface area contributed by atoms with Crippen LogP contribution in [0.4, 0.5) is 5.69 Å². The standard InChI is InChI=1S/C17H22N4/c1-2-6-15(7-3-1)21-12-19-20-17(21)14-8-9-16-13(11-14)5-4-10-18-16/h8-9,11-12,15,18H,1-7,10H2. The number of rotatable bonds is 2. The van der Waals surface area contributed by atoms with Gasteiger partial charge in [-0.15, -0.1) is 10.2 Å². The number of aryl methyl sites for hydroxylation is 1. The van der Waals surface area contributed by atoms with Gasteiger partial charge in [0.05, 0.1) is 0 Å². The number of nitrogens with one attached hydrogen (secondary N) is 1. The molecule has 1 aliphatic heterocycles. The molecule has 0 radical (unpaired) electrons. The average Bonchev–Trinajstić information content (AvgIpc) is 3.05. The van der Waals surface area contributed by atoms with Crippen LogP contribution in [0.25, 0.3) is 11.4 Å². The third-order valence-corrected chi connectivity index (χ3v) is 4.84.